The van der Waals surface area contributed by atoms with Crippen molar-refractivity contribution in [2.75, 3.05) is 0 Å². The lowest BCUT2D eigenvalue weighted by molar-refractivity contribution is -0.119. The van der Waals surface area contributed by atoms with E-state index in [0.29, 0.717) is 5.92 Å². The van der Waals surface area contributed by atoms with E-state index in [-0.39, 0.29) is 23.5 Å². The molecule has 0 bridgehead atoms. The molecule has 0 aliphatic heterocycles. The molecule has 0 aliphatic carbocycles. The highest BCUT2D eigenvalue weighted by Crippen LogP contribution is 2.27. The fraction of sp³-hybridized carbons (Fsp3) is 0.933. The highest BCUT2D eigenvalue weighted by Gasteiger charge is 2.22. The molecule has 0 aromatic rings. The van der Waals surface area contributed by atoms with Gasteiger partial charge in [-0.15, -0.1) is 0 Å². The van der Waals surface area contributed by atoms with E-state index in [1.807, 2.05) is 6.82 Å². The molecule has 1 amide bonds. The number of hydrogen-bond acceptors (Lipinski definition) is 2. The van der Waals surface area contributed by atoms with Gasteiger partial charge < -0.3 is 10.4 Å². The molecule has 1 unspecified atom stereocenters. The molecule has 0 spiro atoms. The van der Waals surface area contributed by atoms with Gasteiger partial charge >= 0.3 is 0 Å². The van der Waals surface area contributed by atoms with Crippen LogP contribution in [-0.4, -0.2) is 30.4 Å². The van der Waals surface area contributed by atoms with Crippen LogP contribution in [0.4, 0.5) is 0 Å². The lowest BCUT2D eigenvalue weighted by Crippen LogP contribution is -2.35. The first-order valence-corrected chi connectivity index (χ1v) is 7.38. The Morgan fingerprint density at radius 2 is 1.89 bits per heavy atom. The summed E-state index contributed by atoms with van der Waals surface area (Å²) in [4.78, 5) is 11.1. The number of nitrogens with one attached hydrogen (secondary N) is 1. The minimum Gasteiger partial charge on any atom is -0.393 e. The zero-order chi connectivity index (χ0) is 15.1. The lowest BCUT2D eigenvalue weighted by Gasteiger charge is -2.28. The van der Waals surface area contributed by atoms with E-state index < -0.39 is 0 Å². The maximum Gasteiger partial charge on any atom is 0.217 e. The second-order valence-electron chi connectivity index (χ2n) is 6.93. The molecular formula is C15H31BNO2. The first-order chi connectivity index (χ1) is 8.65. The van der Waals surface area contributed by atoms with E-state index >= 15 is 0 Å². The number of aliphatic hydroxyl groups excluding tert-OH is 1. The van der Waals surface area contributed by atoms with Gasteiger partial charge in [-0.25, -0.2) is 0 Å². The molecule has 0 aromatic heterocycles. The summed E-state index contributed by atoms with van der Waals surface area (Å²) in [5.41, 5.74) is 0.245. The van der Waals surface area contributed by atoms with Crippen LogP contribution in [0.15, 0.2) is 0 Å². The molecule has 111 valence electrons. The molecule has 4 heteroatoms. The standard InChI is InChI=1S/C15H31BNO2/c1-11(9-15(3,4)5)14(19)8-7-13(10-16-6)17-12(2)18/h11,13-14,19H,7-10H2,1-6H3,(H,17,18)/t11?,13-,14+/m1/s1. The molecule has 0 heterocycles. The van der Waals surface area contributed by atoms with Crippen LogP contribution < -0.4 is 5.32 Å². The van der Waals surface area contributed by atoms with Crippen LogP contribution >= 0.6 is 0 Å². The van der Waals surface area contributed by atoms with Gasteiger partial charge in [-0.1, -0.05) is 40.8 Å². The summed E-state index contributed by atoms with van der Waals surface area (Å²) < 4.78 is 0. The summed E-state index contributed by atoms with van der Waals surface area (Å²) in [6.07, 6.45) is 3.17. The molecule has 3 nitrogen and oxygen atoms in total. The maximum atomic E-state index is 11.1. The van der Waals surface area contributed by atoms with Crippen LogP contribution in [-0.2, 0) is 4.79 Å². The largest absolute Gasteiger partial charge is 0.393 e. The zero-order valence-electron chi connectivity index (χ0n) is 13.5. The average Bonchev–Trinajstić information content (AvgIpc) is 2.22. The average molecular weight is 268 g/mol. The molecule has 0 aromatic carbocycles. The third-order valence-electron chi connectivity index (χ3n) is 3.33. The van der Waals surface area contributed by atoms with Gasteiger partial charge in [0.05, 0.1) is 6.10 Å². The molecule has 19 heavy (non-hydrogen) atoms. The summed E-state index contributed by atoms with van der Waals surface area (Å²) in [7, 11) is 2.06. The van der Waals surface area contributed by atoms with Crippen molar-refractivity contribution in [2.45, 2.75) is 79.2 Å². The number of carbonyl (C=O) groups excluding carboxylic acids is 1. The van der Waals surface area contributed by atoms with Crippen molar-refractivity contribution in [1.29, 1.82) is 0 Å². The van der Waals surface area contributed by atoms with Crippen molar-refractivity contribution < 1.29 is 9.90 Å². The van der Waals surface area contributed by atoms with Crippen LogP contribution in [0.1, 0.15) is 53.9 Å². The van der Waals surface area contributed by atoms with E-state index in [2.05, 4.69) is 40.3 Å². The fourth-order valence-corrected chi connectivity index (χ4v) is 2.58. The number of rotatable bonds is 8. The molecule has 0 rings (SSSR count). The van der Waals surface area contributed by atoms with Crippen molar-refractivity contribution in [3.05, 3.63) is 0 Å². The van der Waals surface area contributed by atoms with Crippen molar-refractivity contribution in [2.24, 2.45) is 11.3 Å². The topological polar surface area (TPSA) is 49.3 Å². The Hall–Kier alpha value is -0.505. The highest BCUT2D eigenvalue weighted by molar-refractivity contribution is 6.33. The summed E-state index contributed by atoms with van der Waals surface area (Å²) >= 11 is 0. The predicted molar refractivity (Wildman–Crippen MR) is 82.5 cm³/mol. The van der Waals surface area contributed by atoms with Crippen molar-refractivity contribution in [1.82, 2.24) is 5.32 Å². The van der Waals surface area contributed by atoms with Gasteiger partial charge in [0.2, 0.25) is 5.91 Å². The van der Waals surface area contributed by atoms with Gasteiger partial charge in [-0.05, 0) is 30.6 Å². The van der Waals surface area contributed by atoms with Crippen LogP contribution in [0, 0.1) is 11.3 Å². The summed E-state index contributed by atoms with van der Waals surface area (Å²) in [6.45, 7) is 12.2. The Morgan fingerprint density at radius 1 is 1.32 bits per heavy atom. The zero-order valence-corrected chi connectivity index (χ0v) is 13.5. The normalized spacial score (nSPS) is 16.6. The second kappa shape index (κ2) is 8.62. The Bertz CT molecular complexity index is 263. The molecule has 3 atom stereocenters. The molecule has 0 fully saturated rings. The molecule has 2 N–H and O–H groups in total. The van der Waals surface area contributed by atoms with Gasteiger partial charge in [0.15, 0.2) is 0 Å². The quantitative estimate of drug-likeness (QED) is 0.665. The molecule has 1 radical (unpaired) electrons. The van der Waals surface area contributed by atoms with E-state index in [0.717, 1.165) is 25.6 Å². The minimum absolute atomic E-state index is 0.00378. The van der Waals surface area contributed by atoms with Gasteiger partial charge in [0, 0.05) is 13.0 Å². The fourth-order valence-electron chi connectivity index (χ4n) is 2.58. The number of aliphatic hydroxyl groups is 1. The van der Waals surface area contributed by atoms with Gasteiger partial charge in [0.1, 0.15) is 7.28 Å². The second-order valence-corrected chi connectivity index (χ2v) is 6.93. The molecule has 0 aliphatic rings. The smallest absolute Gasteiger partial charge is 0.217 e. The van der Waals surface area contributed by atoms with Crippen LogP contribution in [0.5, 0.6) is 0 Å². The van der Waals surface area contributed by atoms with E-state index in [1.165, 1.54) is 0 Å². The van der Waals surface area contributed by atoms with Gasteiger partial charge in [0.25, 0.3) is 0 Å². The third-order valence-corrected chi connectivity index (χ3v) is 3.33. The monoisotopic (exact) mass is 268 g/mol. The number of carbonyl (C=O) groups is 1. The van der Waals surface area contributed by atoms with Crippen molar-refractivity contribution in [3.63, 3.8) is 0 Å². The Morgan fingerprint density at radius 3 is 2.32 bits per heavy atom. The summed E-state index contributed by atoms with van der Waals surface area (Å²) in [5.74, 6) is 0.299. The molecular weight excluding hydrogens is 237 g/mol. The Kier molecular flexibility index (Phi) is 8.39. The Labute approximate surface area is 119 Å². The van der Waals surface area contributed by atoms with Crippen LogP contribution in [0.3, 0.4) is 0 Å². The van der Waals surface area contributed by atoms with Crippen molar-refractivity contribution in [3.8, 4) is 0 Å². The maximum absolute atomic E-state index is 11.1. The molecule has 0 saturated carbocycles. The predicted octanol–water partition coefficient (Wildman–Crippen LogP) is 2.88. The van der Waals surface area contributed by atoms with E-state index in [1.54, 1.807) is 6.92 Å². The number of hydrogen-bond donors (Lipinski definition) is 2. The van der Waals surface area contributed by atoms with E-state index in [4.69, 9.17) is 0 Å². The summed E-state index contributed by atoms with van der Waals surface area (Å²) in [5, 5.41) is 13.2. The minimum atomic E-state index is -0.285. The highest BCUT2D eigenvalue weighted by atomic mass is 16.3. The Balaban J connectivity index is 4.15. The van der Waals surface area contributed by atoms with Crippen LogP contribution in [0.25, 0.3) is 0 Å². The third kappa shape index (κ3) is 10.00. The van der Waals surface area contributed by atoms with Crippen LogP contribution in [0.2, 0.25) is 13.1 Å². The van der Waals surface area contributed by atoms with E-state index in [9.17, 15) is 9.90 Å². The number of amides is 1. The van der Waals surface area contributed by atoms with Crippen molar-refractivity contribution >= 4 is 13.2 Å². The first kappa shape index (κ1) is 18.5. The summed E-state index contributed by atoms with van der Waals surface area (Å²) in [6, 6.07) is 0.152. The van der Waals surface area contributed by atoms with Gasteiger partial charge in [-0.3, -0.25) is 4.79 Å². The molecule has 0 saturated heterocycles. The SMILES string of the molecule is C[B]C[C@@H](CC[C@H](O)C(C)CC(C)(C)C)NC(C)=O. The first-order valence-electron chi connectivity index (χ1n) is 7.38. The lowest BCUT2D eigenvalue weighted by atomic mass is 9.73. The van der Waals surface area contributed by atoms with Gasteiger partial charge in [-0.2, -0.15) is 0 Å².